The molecular weight excluding hydrogens is 294 g/mol. The van der Waals surface area contributed by atoms with E-state index in [4.69, 9.17) is 10.5 Å². The molecule has 2 aliphatic rings. The van der Waals surface area contributed by atoms with Gasteiger partial charge in [-0.25, -0.2) is 4.79 Å². The highest BCUT2D eigenvalue weighted by Crippen LogP contribution is 2.28. The van der Waals surface area contributed by atoms with Crippen molar-refractivity contribution >= 4 is 12.0 Å². The monoisotopic (exact) mass is 325 g/mol. The highest BCUT2D eigenvalue weighted by Gasteiger charge is 2.36. The van der Waals surface area contributed by atoms with Crippen molar-refractivity contribution in [3.05, 3.63) is 0 Å². The standard InChI is InChI=1S/C17H31N3O3/c1-17(2,3)23-16(22)19-14(12-6-8-13(18)9-7-12)15(21)20-10-4-5-11-20/h12-14H,4-11,18H2,1-3H3,(H,19,22)/t12?,13?,14-/m0/s1. The van der Waals surface area contributed by atoms with Crippen LogP contribution in [0.2, 0.25) is 0 Å². The van der Waals surface area contributed by atoms with Crippen molar-refractivity contribution < 1.29 is 14.3 Å². The van der Waals surface area contributed by atoms with Gasteiger partial charge in [-0.1, -0.05) is 0 Å². The third kappa shape index (κ3) is 5.37. The average Bonchev–Trinajstić information content (AvgIpc) is 2.97. The summed E-state index contributed by atoms with van der Waals surface area (Å²) in [5.41, 5.74) is 5.40. The molecule has 2 amide bonds. The van der Waals surface area contributed by atoms with Gasteiger partial charge in [0.05, 0.1) is 0 Å². The van der Waals surface area contributed by atoms with Crippen molar-refractivity contribution in [2.75, 3.05) is 13.1 Å². The second-order valence-corrected chi connectivity index (χ2v) is 7.83. The number of carbonyl (C=O) groups is 2. The molecule has 3 N–H and O–H groups in total. The van der Waals surface area contributed by atoms with Gasteiger partial charge in [-0.3, -0.25) is 4.79 Å². The Morgan fingerprint density at radius 3 is 2.22 bits per heavy atom. The van der Waals surface area contributed by atoms with Crippen molar-refractivity contribution in [2.24, 2.45) is 11.7 Å². The molecule has 23 heavy (non-hydrogen) atoms. The molecule has 2 fully saturated rings. The number of likely N-dealkylation sites (tertiary alicyclic amines) is 1. The minimum atomic E-state index is -0.569. The maximum atomic E-state index is 12.9. The normalized spacial score (nSPS) is 26.7. The first-order valence-corrected chi connectivity index (χ1v) is 8.80. The number of carbonyl (C=O) groups excluding carboxylic acids is 2. The molecule has 6 heteroatoms. The van der Waals surface area contributed by atoms with E-state index in [1.807, 2.05) is 25.7 Å². The van der Waals surface area contributed by atoms with E-state index >= 15 is 0 Å². The summed E-state index contributed by atoms with van der Waals surface area (Å²) in [7, 11) is 0. The van der Waals surface area contributed by atoms with Gasteiger partial charge < -0.3 is 20.7 Å². The van der Waals surface area contributed by atoms with E-state index in [2.05, 4.69) is 5.32 Å². The van der Waals surface area contributed by atoms with E-state index in [1.54, 1.807) is 0 Å². The summed E-state index contributed by atoms with van der Waals surface area (Å²) in [6, 6.07) is -0.272. The van der Waals surface area contributed by atoms with Crippen LogP contribution in [0.15, 0.2) is 0 Å². The molecule has 1 saturated heterocycles. The second-order valence-electron chi connectivity index (χ2n) is 7.83. The minimum absolute atomic E-state index is 0.0360. The van der Waals surface area contributed by atoms with Crippen LogP contribution in [0.3, 0.4) is 0 Å². The maximum absolute atomic E-state index is 12.9. The van der Waals surface area contributed by atoms with E-state index in [9.17, 15) is 9.59 Å². The molecule has 1 heterocycles. The topological polar surface area (TPSA) is 84.7 Å². The van der Waals surface area contributed by atoms with Gasteiger partial charge in [0.2, 0.25) is 5.91 Å². The number of ether oxygens (including phenoxy) is 1. The number of nitrogens with one attached hydrogen (secondary N) is 1. The Morgan fingerprint density at radius 1 is 1.13 bits per heavy atom. The first kappa shape index (κ1) is 18.0. The lowest BCUT2D eigenvalue weighted by Crippen LogP contribution is -2.53. The Morgan fingerprint density at radius 2 is 1.70 bits per heavy atom. The van der Waals surface area contributed by atoms with E-state index < -0.39 is 17.7 Å². The van der Waals surface area contributed by atoms with E-state index in [0.717, 1.165) is 51.6 Å². The molecule has 0 aromatic carbocycles. The molecule has 132 valence electrons. The second kappa shape index (κ2) is 7.51. The molecule has 0 bridgehead atoms. The van der Waals surface area contributed by atoms with Gasteiger partial charge in [0, 0.05) is 19.1 Å². The van der Waals surface area contributed by atoms with Crippen molar-refractivity contribution in [3.8, 4) is 0 Å². The van der Waals surface area contributed by atoms with E-state index in [1.165, 1.54) is 0 Å². The van der Waals surface area contributed by atoms with Crippen LogP contribution in [-0.4, -0.2) is 47.7 Å². The zero-order valence-corrected chi connectivity index (χ0v) is 14.6. The molecule has 0 spiro atoms. The molecule has 1 aliphatic heterocycles. The lowest BCUT2D eigenvalue weighted by Gasteiger charge is -2.34. The number of rotatable bonds is 3. The Labute approximate surface area is 139 Å². The smallest absolute Gasteiger partial charge is 0.408 e. The summed E-state index contributed by atoms with van der Waals surface area (Å²) < 4.78 is 5.35. The van der Waals surface area contributed by atoms with Crippen molar-refractivity contribution in [1.82, 2.24) is 10.2 Å². The molecule has 0 aromatic heterocycles. The Hall–Kier alpha value is -1.30. The van der Waals surface area contributed by atoms with Crippen molar-refractivity contribution in [3.63, 3.8) is 0 Å². The number of hydrogen-bond donors (Lipinski definition) is 2. The summed E-state index contributed by atoms with van der Waals surface area (Å²) in [5, 5.41) is 2.84. The van der Waals surface area contributed by atoms with Crippen molar-refractivity contribution in [1.29, 1.82) is 0 Å². The maximum Gasteiger partial charge on any atom is 0.408 e. The first-order chi connectivity index (χ1) is 10.8. The van der Waals surface area contributed by atoms with Crippen LogP contribution < -0.4 is 11.1 Å². The van der Waals surface area contributed by atoms with E-state index in [0.29, 0.717) is 0 Å². The molecular formula is C17H31N3O3. The summed E-state index contributed by atoms with van der Waals surface area (Å²) in [4.78, 5) is 26.9. The summed E-state index contributed by atoms with van der Waals surface area (Å²) >= 11 is 0. The third-order valence-electron chi connectivity index (χ3n) is 4.64. The number of amides is 2. The molecule has 0 aromatic rings. The molecule has 2 rings (SSSR count). The first-order valence-electron chi connectivity index (χ1n) is 8.80. The van der Waals surface area contributed by atoms with Crippen molar-refractivity contribution in [2.45, 2.75) is 77.0 Å². The SMILES string of the molecule is CC(C)(C)OC(=O)N[C@H](C(=O)N1CCCC1)C1CCC(N)CC1. The average molecular weight is 325 g/mol. The van der Waals surface area contributed by atoms with Gasteiger partial charge in [0.25, 0.3) is 0 Å². The molecule has 1 atom stereocenters. The predicted octanol–water partition coefficient (Wildman–Crippen LogP) is 2.02. The van der Waals surface area contributed by atoms with Crippen LogP contribution in [-0.2, 0) is 9.53 Å². The van der Waals surface area contributed by atoms with Gasteiger partial charge in [0.15, 0.2) is 0 Å². The van der Waals surface area contributed by atoms with Crippen LogP contribution in [0.4, 0.5) is 4.79 Å². The summed E-state index contributed by atoms with van der Waals surface area (Å²) in [6.45, 7) is 7.05. The summed E-state index contributed by atoms with van der Waals surface area (Å²) in [5.74, 6) is 0.184. The molecule has 6 nitrogen and oxygen atoms in total. The van der Waals surface area contributed by atoms with Gasteiger partial charge in [-0.15, -0.1) is 0 Å². The molecule has 1 aliphatic carbocycles. The molecule has 1 saturated carbocycles. The lowest BCUT2D eigenvalue weighted by molar-refractivity contribution is -0.134. The highest BCUT2D eigenvalue weighted by molar-refractivity contribution is 5.86. The Kier molecular flexibility index (Phi) is 5.89. The fraction of sp³-hybridized carbons (Fsp3) is 0.882. The molecule has 0 radical (unpaired) electrons. The van der Waals surface area contributed by atoms with Gasteiger partial charge in [-0.05, 0) is 65.2 Å². The van der Waals surface area contributed by atoms with E-state index in [-0.39, 0.29) is 17.9 Å². The van der Waals surface area contributed by atoms with Crippen LogP contribution >= 0.6 is 0 Å². The van der Waals surface area contributed by atoms with Crippen LogP contribution in [0.5, 0.6) is 0 Å². The van der Waals surface area contributed by atoms with Crippen LogP contribution in [0.1, 0.15) is 59.3 Å². The zero-order valence-electron chi connectivity index (χ0n) is 14.6. The van der Waals surface area contributed by atoms with Gasteiger partial charge >= 0.3 is 6.09 Å². The lowest BCUT2D eigenvalue weighted by atomic mass is 9.81. The zero-order chi connectivity index (χ0) is 17.0. The predicted molar refractivity (Wildman–Crippen MR) is 88.9 cm³/mol. The quantitative estimate of drug-likeness (QED) is 0.831. The van der Waals surface area contributed by atoms with Crippen LogP contribution in [0.25, 0.3) is 0 Å². The van der Waals surface area contributed by atoms with Crippen LogP contribution in [0, 0.1) is 5.92 Å². The van der Waals surface area contributed by atoms with Gasteiger partial charge in [-0.2, -0.15) is 0 Å². The number of alkyl carbamates (subject to hydrolysis) is 1. The Bertz CT molecular complexity index is 419. The fourth-order valence-corrected chi connectivity index (χ4v) is 3.43. The summed E-state index contributed by atoms with van der Waals surface area (Å²) in [6.07, 6.45) is 5.14. The Balaban J connectivity index is 2.04. The number of nitrogens with zero attached hydrogens (tertiary/aromatic N) is 1. The fourth-order valence-electron chi connectivity index (χ4n) is 3.43. The number of nitrogens with two attached hydrogens (primary N) is 1. The van der Waals surface area contributed by atoms with Gasteiger partial charge in [0.1, 0.15) is 11.6 Å². The largest absolute Gasteiger partial charge is 0.444 e. The molecule has 0 unspecified atom stereocenters. The highest BCUT2D eigenvalue weighted by atomic mass is 16.6. The number of hydrogen-bond acceptors (Lipinski definition) is 4. The third-order valence-corrected chi connectivity index (χ3v) is 4.64. The minimum Gasteiger partial charge on any atom is -0.444 e.